The van der Waals surface area contributed by atoms with Gasteiger partial charge in [-0.1, -0.05) is 120 Å². The summed E-state index contributed by atoms with van der Waals surface area (Å²) in [5, 5.41) is 123. The van der Waals surface area contributed by atoms with Gasteiger partial charge in [-0.3, -0.25) is 14.4 Å². The van der Waals surface area contributed by atoms with Crippen molar-refractivity contribution in [3.63, 3.8) is 0 Å². The molecule has 2 bridgehead atoms. The van der Waals surface area contributed by atoms with Gasteiger partial charge in [0.15, 0.2) is 12.1 Å². The van der Waals surface area contributed by atoms with Crippen LogP contribution in [0.25, 0.3) is 0 Å². The van der Waals surface area contributed by atoms with Crippen molar-refractivity contribution >= 4 is 29.6 Å². The van der Waals surface area contributed by atoms with Crippen LogP contribution in [0.3, 0.4) is 0 Å². The monoisotopic (exact) mass is 1080 g/mol. The lowest BCUT2D eigenvalue weighted by Gasteiger charge is -2.45. The van der Waals surface area contributed by atoms with Crippen LogP contribution in [0.5, 0.6) is 0 Å². The zero-order valence-corrected chi connectivity index (χ0v) is 45.0. The van der Waals surface area contributed by atoms with Crippen molar-refractivity contribution in [2.75, 3.05) is 5.75 Å². The Morgan fingerprint density at radius 1 is 0.733 bits per heavy atom. The van der Waals surface area contributed by atoms with Crippen LogP contribution in [0.2, 0.25) is 0 Å². The van der Waals surface area contributed by atoms with E-state index in [4.69, 9.17) is 24.7 Å². The summed E-state index contributed by atoms with van der Waals surface area (Å²) in [7, 11) is 0. The van der Waals surface area contributed by atoms with Gasteiger partial charge in [0.2, 0.25) is 5.91 Å². The number of fused-ring (bicyclic) bond motifs is 2. The Balaban J connectivity index is 1.93. The van der Waals surface area contributed by atoms with E-state index in [1.165, 1.54) is 24.8 Å². The van der Waals surface area contributed by atoms with Crippen LogP contribution in [-0.4, -0.2) is 188 Å². The van der Waals surface area contributed by atoms with Crippen molar-refractivity contribution in [2.24, 2.45) is 23.5 Å². The van der Waals surface area contributed by atoms with Crippen molar-refractivity contribution in [3.05, 3.63) is 85.1 Å². The van der Waals surface area contributed by atoms with Gasteiger partial charge in [-0.05, 0) is 33.1 Å². The molecule has 20 atom stereocenters. The second-order valence-corrected chi connectivity index (χ2v) is 22.9. The van der Waals surface area contributed by atoms with Crippen molar-refractivity contribution < 1.29 is 89.5 Å². The van der Waals surface area contributed by atoms with E-state index in [-0.39, 0.29) is 35.7 Å². The number of rotatable bonds is 7. The van der Waals surface area contributed by atoms with Gasteiger partial charge >= 0.3 is 11.9 Å². The summed E-state index contributed by atoms with van der Waals surface area (Å²) in [5.74, 6) is -7.42. The molecular weight excluding hydrogens is 997 g/mol. The number of hydrogen-bond donors (Lipinski definition) is 13. The second kappa shape index (κ2) is 31.7. The number of allylic oxidation sites excluding steroid dienone is 12. The third-order valence-electron chi connectivity index (χ3n) is 13.3. The van der Waals surface area contributed by atoms with E-state index in [0.717, 1.165) is 0 Å². The number of carbonyl (C=O) groups is 3. The van der Waals surface area contributed by atoms with E-state index in [1.807, 2.05) is 33.8 Å². The highest BCUT2D eigenvalue weighted by atomic mass is 32.2. The van der Waals surface area contributed by atoms with E-state index in [1.54, 1.807) is 86.8 Å². The standard InChI is InChI=1S/C54H86N2O18S/c1-31-20-18-16-14-12-10-8-9-11-13-15-17-19-21-38(73-52-49(66)46(48(65)34(4)72-52)56-50(67)39(55)30-75-53(5,6)7)27-43-45(51(68)69)42(62)29-54(70,74-43)28-37(59)25-41(61)40(60)23-22-35(57)24-36(58)26-44(63)71-33(3)32(2)47(31)64/h8-21,31-43,45-49,52,57-62,64-66,70H,22-30,55H2,1-7H3,(H,56,67)(H,68,69)/b9-8+,12-10+,13-11+,16-14+,17-15+,20-18+,21-19+/t31-,32-,33-,34-,35+,36+,37-,38-,39?,40+,41+,42-,43-,45+,46-,47+,48+,49-,52-,54+/m0/s1. The second-order valence-electron chi connectivity index (χ2n) is 21.1. The molecular formula is C54H86N2O18S. The molecule has 2 fully saturated rings. The van der Waals surface area contributed by atoms with Gasteiger partial charge in [0, 0.05) is 48.0 Å². The lowest BCUT2D eigenvalue weighted by Crippen LogP contribution is -2.65. The molecule has 0 aromatic heterocycles. The van der Waals surface area contributed by atoms with E-state index >= 15 is 0 Å². The number of carboxylic acid groups (broad SMARTS) is 1. The van der Waals surface area contributed by atoms with Crippen LogP contribution in [0, 0.1) is 17.8 Å². The topological polar surface area (TPSA) is 349 Å². The first-order valence-corrected chi connectivity index (χ1v) is 26.7. The van der Waals surface area contributed by atoms with Gasteiger partial charge in [0.05, 0.1) is 79.5 Å². The third-order valence-corrected chi connectivity index (χ3v) is 14.7. The number of esters is 1. The Hall–Kier alpha value is -3.62. The van der Waals surface area contributed by atoms with Crippen molar-refractivity contribution in [3.8, 4) is 0 Å². The first kappa shape index (κ1) is 65.7. The van der Waals surface area contributed by atoms with Crippen LogP contribution >= 0.6 is 11.8 Å². The maximum absolute atomic E-state index is 13.2. The predicted octanol–water partition coefficient (Wildman–Crippen LogP) is 1.73. The molecule has 1 unspecified atom stereocenters. The molecule has 21 heteroatoms. The van der Waals surface area contributed by atoms with Crippen LogP contribution in [0.15, 0.2) is 85.1 Å². The highest BCUT2D eigenvalue weighted by Crippen LogP contribution is 2.38. The molecule has 75 heavy (non-hydrogen) atoms. The number of carboxylic acids is 1. The summed E-state index contributed by atoms with van der Waals surface area (Å²) in [4.78, 5) is 38.6. The molecule has 14 N–H and O–H groups in total. The normalized spacial score (nSPS) is 41.6. The maximum Gasteiger partial charge on any atom is 0.311 e. The number of nitrogens with one attached hydrogen (secondary N) is 1. The van der Waals surface area contributed by atoms with E-state index in [9.17, 15) is 70.6 Å². The lowest BCUT2D eigenvalue weighted by molar-refractivity contribution is -0.309. The van der Waals surface area contributed by atoms with Crippen molar-refractivity contribution in [1.82, 2.24) is 5.32 Å². The van der Waals surface area contributed by atoms with Gasteiger partial charge in [0.1, 0.15) is 24.2 Å². The minimum atomic E-state index is -2.38. The zero-order chi connectivity index (χ0) is 56.2. The number of cyclic esters (lactones) is 1. The van der Waals surface area contributed by atoms with Gasteiger partial charge < -0.3 is 86.2 Å². The maximum atomic E-state index is 13.2. The van der Waals surface area contributed by atoms with E-state index < -0.39 is 165 Å². The highest BCUT2D eigenvalue weighted by molar-refractivity contribution is 8.00. The molecule has 426 valence electrons. The molecule has 0 radical (unpaired) electrons. The highest BCUT2D eigenvalue weighted by Gasteiger charge is 2.51. The first-order chi connectivity index (χ1) is 35.1. The molecule has 3 aliphatic rings. The molecule has 2 saturated heterocycles. The van der Waals surface area contributed by atoms with Gasteiger partial charge in [0.25, 0.3) is 0 Å². The summed E-state index contributed by atoms with van der Waals surface area (Å²) in [5.41, 5.74) is 6.17. The fourth-order valence-corrected chi connectivity index (χ4v) is 9.62. The van der Waals surface area contributed by atoms with E-state index in [2.05, 4.69) is 5.32 Å². The molecule has 0 aromatic carbocycles. The lowest BCUT2D eigenvalue weighted by atomic mass is 9.82. The number of carbonyl (C=O) groups excluding carboxylic acids is 2. The average molecular weight is 1080 g/mol. The smallest absolute Gasteiger partial charge is 0.311 e. The van der Waals surface area contributed by atoms with Gasteiger partial charge in [-0.15, -0.1) is 0 Å². The van der Waals surface area contributed by atoms with Crippen molar-refractivity contribution in [1.29, 1.82) is 0 Å². The summed E-state index contributed by atoms with van der Waals surface area (Å²) in [6.07, 6.45) is 1.92. The summed E-state index contributed by atoms with van der Waals surface area (Å²) in [6, 6.07) is -2.32. The number of aliphatic carboxylic acids is 1. The molecule has 0 saturated carbocycles. The van der Waals surface area contributed by atoms with E-state index in [0.29, 0.717) is 0 Å². The summed E-state index contributed by atoms with van der Waals surface area (Å²) >= 11 is 1.45. The average Bonchev–Trinajstić information content (AvgIpc) is 3.30. The fraction of sp³-hybridized carbons (Fsp3) is 0.685. The summed E-state index contributed by atoms with van der Waals surface area (Å²) in [6.45, 7) is 12.6. The molecule has 0 aromatic rings. The Labute approximate surface area is 445 Å². The van der Waals surface area contributed by atoms with Crippen LogP contribution in [-0.2, 0) is 33.3 Å². The Morgan fingerprint density at radius 2 is 1.31 bits per heavy atom. The number of nitrogens with two attached hydrogens (primary N) is 1. The summed E-state index contributed by atoms with van der Waals surface area (Å²) < 4.78 is 23.4. The predicted molar refractivity (Wildman–Crippen MR) is 281 cm³/mol. The van der Waals surface area contributed by atoms with Gasteiger partial charge in [-0.25, -0.2) is 0 Å². The number of aliphatic hydroxyl groups excluding tert-OH is 9. The Kier molecular flexibility index (Phi) is 27.8. The van der Waals surface area contributed by atoms with Crippen LogP contribution < -0.4 is 11.1 Å². The minimum absolute atomic E-state index is 0.127. The quantitative estimate of drug-likeness (QED) is 0.161. The van der Waals surface area contributed by atoms with Gasteiger partial charge in [-0.2, -0.15) is 11.8 Å². The number of amides is 1. The Morgan fingerprint density at radius 3 is 1.88 bits per heavy atom. The zero-order valence-electron chi connectivity index (χ0n) is 44.2. The first-order valence-electron chi connectivity index (χ1n) is 25.8. The minimum Gasteiger partial charge on any atom is -0.481 e. The molecule has 3 heterocycles. The largest absolute Gasteiger partial charge is 0.481 e. The van der Waals surface area contributed by atoms with Crippen LogP contribution in [0.1, 0.15) is 99.8 Å². The van der Waals surface area contributed by atoms with Crippen molar-refractivity contribution in [2.45, 2.75) is 208 Å². The number of aliphatic hydroxyl groups is 10. The molecule has 3 aliphatic heterocycles. The molecule has 0 aliphatic carbocycles. The number of ether oxygens (including phenoxy) is 4. The molecule has 3 rings (SSSR count). The third kappa shape index (κ3) is 23.1. The molecule has 0 spiro atoms. The molecule has 20 nitrogen and oxygen atoms in total. The number of thioether (sulfide) groups is 1. The SMILES string of the molecule is C[C@@H]1[C@H](O)[C@@H](C)/C=C/C=C/C=C/C=C/C=C/C=C/C=C/[C@H](O[C@@H]2O[C@@H](C)[C@@H](O)[C@H](NC(=O)C(N)CSC(C)(C)C)[C@@H]2O)C[C@@H]2O[C@](O)(C[C@@H](O)C[C@@H](O)[C@H](O)CC[C@@H](O)C[C@@H](O)CC(=O)O[C@H]1C)C[C@H](O)[C@H]2C(=O)O. The molecule has 1 amide bonds. The Bertz CT molecular complexity index is 1970. The fourth-order valence-electron chi connectivity index (χ4n) is 8.79. The van der Waals surface area contributed by atoms with Crippen LogP contribution in [0.4, 0.5) is 0 Å². The number of hydrogen-bond acceptors (Lipinski definition) is 19.